The Kier molecular flexibility index (Phi) is 5.99. The van der Waals surface area contributed by atoms with Crippen LogP contribution in [0.15, 0.2) is 97.1 Å². The van der Waals surface area contributed by atoms with Gasteiger partial charge in [-0.25, -0.2) is 0 Å². The van der Waals surface area contributed by atoms with Crippen molar-refractivity contribution in [1.29, 1.82) is 0 Å². The number of hydrogen-bond acceptors (Lipinski definition) is 2. The topological polar surface area (TPSA) is 29.5 Å². The second-order valence-corrected chi connectivity index (χ2v) is 8.58. The summed E-state index contributed by atoms with van der Waals surface area (Å²) >= 11 is 0. The molecule has 1 N–H and O–H groups in total. The Morgan fingerprint density at radius 1 is 0.515 bits per heavy atom. The number of methoxy groups -OCH3 is 1. The first-order chi connectivity index (χ1) is 16.2. The first-order valence-corrected chi connectivity index (χ1v) is 11.5. The predicted octanol–water partition coefficient (Wildman–Crippen LogP) is 7.28. The highest BCUT2D eigenvalue weighted by atomic mass is 16.5. The van der Waals surface area contributed by atoms with E-state index in [1.54, 1.807) is 7.11 Å². The summed E-state index contributed by atoms with van der Waals surface area (Å²) in [4.78, 5) is 0. The molecule has 0 aliphatic rings. The molecule has 0 aliphatic heterocycles. The first kappa shape index (κ1) is 21.1. The van der Waals surface area contributed by atoms with Gasteiger partial charge >= 0.3 is 0 Å². The normalized spacial score (nSPS) is 11.2. The highest BCUT2D eigenvalue weighted by Crippen LogP contribution is 2.30. The molecule has 5 aromatic carbocycles. The molecule has 0 fully saturated rings. The van der Waals surface area contributed by atoms with Gasteiger partial charge in [0.25, 0.3) is 0 Å². The molecule has 0 aromatic heterocycles. The van der Waals surface area contributed by atoms with Crippen molar-refractivity contribution in [3.8, 4) is 11.5 Å². The highest BCUT2D eigenvalue weighted by Gasteiger charge is 2.08. The van der Waals surface area contributed by atoms with E-state index in [1.807, 2.05) is 30.3 Å². The molecule has 5 aromatic rings. The molecule has 0 bridgehead atoms. The van der Waals surface area contributed by atoms with Gasteiger partial charge in [-0.3, -0.25) is 0 Å². The van der Waals surface area contributed by atoms with Gasteiger partial charge in [0.15, 0.2) is 0 Å². The Labute approximate surface area is 195 Å². The molecule has 0 saturated heterocycles. The van der Waals surface area contributed by atoms with E-state index in [0.29, 0.717) is 5.75 Å². The van der Waals surface area contributed by atoms with Crippen LogP contribution < -0.4 is 4.74 Å². The summed E-state index contributed by atoms with van der Waals surface area (Å²) < 4.78 is 5.53. The fraction of sp³-hybridized carbons (Fsp3) is 0.161. The molecule has 0 spiro atoms. The number of ether oxygens (including phenoxy) is 1. The van der Waals surface area contributed by atoms with Crippen molar-refractivity contribution in [3.05, 3.63) is 119 Å². The standard InChI is InChI=1S/C31H28O2/c1-33-31-21-19-25(27-7-3-5-9-29(27)31)17-15-23-12-10-22(11-13-23)14-16-24-18-20-30(32)28-8-4-2-6-26(24)28/h2-13,18-21,32H,14-17H2,1H3. The first-order valence-electron chi connectivity index (χ1n) is 11.5. The van der Waals surface area contributed by atoms with Crippen molar-refractivity contribution in [1.82, 2.24) is 0 Å². The molecule has 0 heterocycles. The Bertz CT molecular complexity index is 1400. The Morgan fingerprint density at radius 3 is 1.58 bits per heavy atom. The molecular weight excluding hydrogens is 404 g/mol. The molecule has 0 atom stereocenters. The summed E-state index contributed by atoms with van der Waals surface area (Å²) in [6.07, 6.45) is 3.96. The van der Waals surface area contributed by atoms with Crippen LogP contribution in [0.2, 0.25) is 0 Å². The van der Waals surface area contributed by atoms with Crippen LogP contribution in [-0.4, -0.2) is 12.2 Å². The van der Waals surface area contributed by atoms with Crippen LogP contribution in [-0.2, 0) is 25.7 Å². The van der Waals surface area contributed by atoms with Crippen LogP contribution in [0, 0.1) is 0 Å². The van der Waals surface area contributed by atoms with Crippen molar-refractivity contribution >= 4 is 21.5 Å². The third-order valence-corrected chi connectivity index (χ3v) is 6.57. The molecule has 2 nitrogen and oxygen atoms in total. The maximum absolute atomic E-state index is 10.1. The average molecular weight is 433 g/mol. The van der Waals surface area contributed by atoms with Gasteiger partial charge in [0.05, 0.1) is 7.11 Å². The van der Waals surface area contributed by atoms with Crippen molar-refractivity contribution in [3.63, 3.8) is 0 Å². The van der Waals surface area contributed by atoms with Crippen LogP contribution >= 0.6 is 0 Å². The summed E-state index contributed by atoms with van der Waals surface area (Å²) in [6.45, 7) is 0. The number of aryl methyl sites for hydroxylation is 4. The van der Waals surface area contributed by atoms with Crippen molar-refractivity contribution < 1.29 is 9.84 Å². The van der Waals surface area contributed by atoms with E-state index in [2.05, 4.69) is 66.7 Å². The van der Waals surface area contributed by atoms with E-state index in [1.165, 1.54) is 33.0 Å². The van der Waals surface area contributed by atoms with Crippen LogP contribution in [0.1, 0.15) is 22.3 Å². The molecule has 2 heteroatoms. The lowest BCUT2D eigenvalue weighted by Crippen LogP contribution is -1.96. The number of hydrogen-bond donors (Lipinski definition) is 1. The minimum absolute atomic E-state index is 0.350. The quantitative estimate of drug-likeness (QED) is 0.293. The van der Waals surface area contributed by atoms with Crippen molar-refractivity contribution in [2.75, 3.05) is 7.11 Å². The lowest BCUT2D eigenvalue weighted by Gasteiger charge is -2.11. The molecule has 0 amide bonds. The van der Waals surface area contributed by atoms with E-state index < -0.39 is 0 Å². The van der Waals surface area contributed by atoms with Crippen LogP contribution in [0.5, 0.6) is 11.5 Å². The number of aromatic hydroxyl groups is 1. The molecule has 0 saturated carbocycles. The summed E-state index contributed by atoms with van der Waals surface area (Å²) in [5, 5.41) is 14.6. The zero-order chi connectivity index (χ0) is 22.6. The van der Waals surface area contributed by atoms with Gasteiger partial charge in [0.2, 0.25) is 0 Å². The lowest BCUT2D eigenvalue weighted by molar-refractivity contribution is 0.419. The third-order valence-electron chi connectivity index (χ3n) is 6.57. The number of benzene rings is 5. The van der Waals surface area contributed by atoms with E-state index >= 15 is 0 Å². The maximum atomic E-state index is 10.1. The molecule has 33 heavy (non-hydrogen) atoms. The van der Waals surface area contributed by atoms with Gasteiger partial charge in [0.1, 0.15) is 11.5 Å². The van der Waals surface area contributed by atoms with Gasteiger partial charge in [0, 0.05) is 10.8 Å². The monoisotopic (exact) mass is 432 g/mol. The molecule has 164 valence electrons. The second-order valence-electron chi connectivity index (χ2n) is 8.58. The Balaban J connectivity index is 1.26. The van der Waals surface area contributed by atoms with Crippen LogP contribution in [0.25, 0.3) is 21.5 Å². The van der Waals surface area contributed by atoms with Gasteiger partial charge in [-0.2, -0.15) is 0 Å². The van der Waals surface area contributed by atoms with Gasteiger partial charge in [-0.15, -0.1) is 0 Å². The minimum atomic E-state index is 0.350. The molecular formula is C31H28O2. The molecule has 0 radical (unpaired) electrons. The van der Waals surface area contributed by atoms with Gasteiger partial charge in [-0.1, -0.05) is 84.9 Å². The van der Waals surface area contributed by atoms with Crippen molar-refractivity contribution in [2.24, 2.45) is 0 Å². The highest BCUT2D eigenvalue weighted by molar-refractivity contribution is 5.91. The lowest BCUT2D eigenvalue weighted by atomic mass is 9.96. The summed E-state index contributed by atoms with van der Waals surface area (Å²) in [5.74, 6) is 1.28. The fourth-order valence-corrected chi connectivity index (χ4v) is 4.72. The number of phenols is 1. The number of fused-ring (bicyclic) bond motifs is 2. The largest absolute Gasteiger partial charge is 0.507 e. The Morgan fingerprint density at radius 2 is 1.00 bits per heavy atom. The van der Waals surface area contributed by atoms with Crippen LogP contribution in [0.4, 0.5) is 0 Å². The van der Waals surface area contributed by atoms with E-state index in [-0.39, 0.29) is 0 Å². The third kappa shape index (κ3) is 4.42. The average Bonchev–Trinajstić information content (AvgIpc) is 2.87. The van der Waals surface area contributed by atoms with Gasteiger partial charge in [-0.05, 0) is 70.8 Å². The maximum Gasteiger partial charge on any atom is 0.126 e. The van der Waals surface area contributed by atoms with E-state index in [0.717, 1.165) is 42.2 Å². The Hall–Kier alpha value is -3.78. The van der Waals surface area contributed by atoms with E-state index in [4.69, 9.17) is 4.74 Å². The predicted molar refractivity (Wildman–Crippen MR) is 137 cm³/mol. The summed E-state index contributed by atoms with van der Waals surface area (Å²) in [6, 6.07) is 33.7. The number of phenolic OH excluding ortho intramolecular Hbond substituents is 1. The molecule has 5 rings (SSSR count). The van der Waals surface area contributed by atoms with Gasteiger partial charge < -0.3 is 9.84 Å². The van der Waals surface area contributed by atoms with Crippen molar-refractivity contribution in [2.45, 2.75) is 25.7 Å². The minimum Gasteiger partial charge on any atom is -0.507 e. The molecule has 0 unspecified atom stereocenters. The zero-order valence-electron chi connectivity index (χ0n) is 18.9. The fourth-order valence-electron chi connectivity index (χ4n) is 4.72. The summed E-state index contributed by atoms with van der Waals surface area (Å²) in [7, 11) is 1.73. The smallest absolute Gasteiger partial charge is 0.126 e. The molecule has 0 aliphatic carbocycles. The summed E-state index contributed by atoms with van der Waals surface area (Å²) in [5.41, 5.74) is 5.33. The van der Waals surface area contributed by atoms with E-state index in [9.17, 15) is 5.11 Å². The number of rotatable bonds is 7. The zero-order valence-corrected chi connectivity index (χ0v) is 18.9. The van der Waals surface area contributed by atoms with Crippen LogP contribution in [0.3, 0.4) is 0 Å². The second kappa shape index (κ2) is 9.38. The SMILES string of the molecule is COc1ccc(CCc2ccc(CCc3ccc(O)c4ccccc34)cc2)c2ccccc12.